The lowest BCUT2D eigenvalue weighted by Crippen LogP contribution is -2.32. The summed E-state index contributed by atoms with van der Waals surface area (Å²) < 4.78 is 0. The highest BCUT2D eigenvalue weighted by Crippen LogP contribution is 2.20. The molecule has 0 bridgehead atoms. The maximum atomic E-state index is 12.5. The Labute approximate surface area is 120 Å². The molecule has 0 unspecified atom stereocenters. The van der Waals surface area contributed by atoms with Gasteiger partial charge in [0, 0.05) is 17.9 Å². The summed E-state index contributed by atoms with van der Waals surface area (Å²) in [4.78, 5) is 14.3. The second-order valence-electron chi connectivity index (χ2n) is 4.84. The Hall–Kier alpha value is -2.29. The van der Waals surface area contributed by atoms with E-state index in [-0.39, 0.29) is 5.91 Å². The number of amides is 1. The van der Waals surface area contributed by atoms with Gasteiger partial charge >= 0.3 is 0 Å². The number of nitrogens with zero attached hydrogens (tertiary/aromatic N) is 1. The minimum Gasteiger partial charge on any atom is -0.399 e. The topological polar surface area (TPSA) is 46.3 Å². The molecule has 2 aromatic carbocycles. The monoisotopic (exact) mass is 268 g/mol. The third-order valence-corrected chi connectivity index (χ3v) is 3.36. The summed E-state index contributed by atoms with van der Waals surface area (Å²) in [5.74, 6) is 0.103. The van der Waals surface area contributed by atoms with Crippen molar-refractivity contribution >= 4 is 17.3 Å². The molecule has 0 atom stereocenters. The van der Waals surface area contributed by atoms with Crippen LogP contribution in [-0.4, -0.2) is 12.5 Å². The predicted octanol–water partition coefficient (Wildman–Crippen LogP) is 3.17. The van der Waals surface area contributed by atoms with Gasteiger partial charge in [0.2, 0.25) is 5.91 Å². The highest BCUT2D eigenvalue weighted by Gasteiger charge is 2.15. The summed E-state index contributed by atoms with van der Waals surface area (Å²) in [6, 6.07) is 15.4. The molecule has 0 spiro atoms. The Morgan fingerprint density at radius 2 is 1.75 bits per heavy atom. The van der Waals surface area contributed by atoms with Crippen molar-refractivity contribution in [3.63, 3.8) is 0 Å². The summed E-state index contributed by atoms with van der Waals surface area (Å²) in [5, 5.41) is 0. The van der Waals surface area contributed by atoms with Crippen LogP contribution in [0.2, 0.25) is 0 Å². The number of carbonyl (C=O) groups excluding carboxylic acids is 1. The third-order valence-electron chi connectivity index (χ3n) is 3.36. The van der Waals surface area contributed by atoms with E-state index in [4.69, 9.17) is 5.73 Å². The molecule has 20 heavy (non-hydrogen) atoms. The average Bonchev–Trinajstić information content (AvgIpc) is 2.44. The molecule has 0 aliphatic rings. The van der Waals surface area contributed by atoms with Gasteiger partial charge in [-0.2, -0.15) is 0 Å². The first-order valence-electron chi connectivity index (χ1n) is 6.82. The number of nitrogens with two attached hydrogens (primary N) is 1. The summed E-state index contributed by atoms with van der Waals surface area (Å²) >= 11 is 0. The number of para-hydroxylation sites is 1. The van der Waals surface area contributed by atoms with Crippen LogP contribution in [0.25, 0.3) is 0 Å². The summed E-state index contributed by atoms with van der Waals surface area (Å²) in [5.41, 5.74) is 9.45. The van der Waals surface area contributed by atoms with Crippen LogP contribution in [0.3, 0.4) is 0 Å². The number of likely N-dealkylation sites (N-methyl/N-ethyl adjacent to an activating group) is 1. The van der Waals surface area contributed by atoms with Gasteiger partial charge in [0.15, 0.2) is 0 Å². The lowest BCUT2D eigenvalue weighted by atomic mass is 10.1. The first kappa shape index (κ1) is 14.1. The van der Waals surface area contributed by atoms with Crippen LogP contribution >= 0.6 is 0 Å². The molecule has 2 rings (SSSR count). The number of hydrogen-bond acceptors (Lipinski definition) is 2. The molecule has 3 heteroatoms. The van der Waals surface area contributed by atoms with Gasteiger partial charge in [-0.3, -0.25) is 4.79 Å². The number of anilines is 2. The highest BCUT2D eigenvalue weighted by molar-refractivity contribution is 5.95. The van der Waals surface area contributed by atoms with E-state index in [1.165, 1.54) is 0 Å². The largest absolute Gasteiger partial charge is 0.399 e. The van der Waals surface area contributed by atoms with Crippen LogP contribution in [0.4, 0.5) is 11.4 Å². The van der Waals surface area contributed by atoms with E-state index in [0.29, 0.717) is 18.7 Å². The maximum Gasteiger partial charge on any atom is 0.231 e. The third kappa shape index (κ3) is 3.18. The molecule has 0 fully saturated rings. The van der Waals surface area contributed by atoms with Crippen molar-refractivity contribution in [1.29, 1.82) is 0 Å². The molecule has 2 N–H and O–H groups in total. The van der Waals surface area contributed by atoms with Gasteiger partial charge < -0.3 is 10.6 Å². The molecule has 0 aromatic heterocycles. The first-order chi connectivity index (χ1) is 9.61. The van der Waals surface area contributed by atoms with Crippen LogP contribution in [0.5, 0.6) is 0 Å². The zero-order valence-corrected chi connectivity index (χ0v) is 12.0. The normalized spacial score (nSPS) is 10.3. The Kier molecular flexibility index (Phi) is 4.41. The van der Waals surface area contributed by atoms with Crippen molar-refractivity contribution in [3.05, 3.63) is 59.7 Å². The predicted molar refractivity (Wildman–Crippen MR) is 83.8 cm³/mol. The minimum absolute atomic E-state index is 0.103. The van der Waals surface area contributed by atoms with Crippen molar-refractivity contribution in [2.24, 2.45) is 0 Å². The number of benzene rings is 2. The molecule has 0 aliphatic heterocycles. The standard InChI is InChI=1S/C17H20N2O/c1-3-19(16-7-5-4-6-13(16)2)17(20)12-14-8-10-15(18)11-9-14/h4-11H,3,12,18H2,1-2H3. The summed E-state index contributed by atoms with van der Waals surface area (Å²) in [7, 11) is 0. The van der Waals surface area contributed by atoms with Crippen molar-refractivity contribution < 1.29 is 4.79 Å². The van der Waals surface area contributed by atoms with E-state index >= 15 is 0 Å². The van der Waals surface area contributed by atoms with Gasteiger partial charge in [-0.25, -0.2) is 0 Å². The Morgan fingerprint density at radius 1 is 1.10 bits per heavy atom. The lowest BCUT2D eigenvalue weighted by Gasteiger charge is -2.23. The van der Waals surface area contributed by atoms with Crippen molar-refractivity contribution in [1.82, 2.24) is 0 Å². The molecule has 104 valence electrons. The van der Waals surface area contributed by atoms with Crippen LogP contribution in [-0.2, 0) is 11.2 Å². The zero-order valence-electron chi connectivity index (χ0n) is 12.0. The Morgan fingerprint density at radius 3 is 2.35 bits per heavy atom. The van der Waals surface area contributed by atoms with Gasteiger partial charge in [0.25, 0.3) is 0 Å². The number of carbonyl (C=O) groups is 1. The Bertz CT molecular complexity index is 590. The molecular weight excluding hydrogens is 248 g/mol. The van der Waals surface area contributed by atoms with Crippen LogP contribution in [0, 0.1) is 6.92 Å². The smallest absolute Gasteiger partial charge is 0.231 e. The van der Waals surface area contributed by atoms with E-state index in [2.05, 4.69) is 0 Å². The van der Waals surface area contributed by atoms with Gasteiger partial charge in [0.05, 0.1) is 6.42 Å². The number of rotatable bonds is 4. The number of aryl methyl sites for hydroxylation is 1. The van der Waals surface area contributed by atoms with Crippen molar-refractivity contribution in [2.75, 3.05) is 17.2 Å². The maximum absolute atomic E-state index is 12.5. The molecule has 0 heterocycles. The van der Waals surface area contributed by atoms with Crippen LogP contribution in [0.1, 0.15) is 18.1 Å². The molecule has 3 nitrogen and oxygen atoms in total. The second-order valence-corrected chi connectivity index (χ2v) is 4.84. The fourth-order valence-corrected chi connectivity index (χ4v) is 2.25. The molecule has 0 radical (unpaired) electrons. The van der Waals surface area contributed by atoms with E-state index in [9.17, 15) is 4.79 Å². The van der Waals surface area contributed by atoms with E-state index in [1.54, 1.807) is 0 Å². The van der Waals surface area contributed by atoms with E-state index in [1.807, 2.05) is 67.3 Å². The van der Waals surface area contributed by atoms with Crippen LogP contribution in [0.15, 0.2) is 48.5 Å². The average molecular weight is 268 g/mol. The Balaban J connectivity index is 2.18. The lowest BCUT2D eigenvalue weighted by molar-refractivity contribution is -0.117. The molecule has 0 saturated heterocycles. The molecule has 0 saturated carbocycles. The SMILES string of the molecule is CCN(C(=O)Cc1ccc(N)cc1)c1ccccc1C. The van der Waals surface area contributed by atoms with E-state index in [0.717, 1.165) is 16.8 Å². The first-order valence-corrected chi connectivity index (χ1v) is 6.82. The summed E-state index contributed by atoms with van der Waals surface area (Å²) in [6.45, 7) is 4.68. The quantitative estimate of drug-likeness (QED) is 0.866. The van der Waals surface area contributed by atoms with Gasteiger partial charge in [-0.15, -0.1) is 0 Å². The van der Waals surface area contributed by atoms with Gasteiger partial charge in [0.1, 0.15) is 0 Å². The van der Waals surface area contributed by atoms with Gasteiger partial charge in [-0.05, 0) is 43.2 Å². The minimum atomic E-state index is 0.103. The fourth-order valence-electron chi connectivity index (χ4n) is 2.25. The number of hydrogen-bond donors (Lipinski definition) is 1. The molecule has 0 aliphatic carbocycles. The number of nitrogen functional groups attached to an aromatic ring is 1. The molecule has 2 aromatic rings. The highest BCUT2D eigenvalue weighted by atomic mass is 16.2. The van der Waals surface area contributed by atoms with Crippen molar-refractivity contribution in [3.8, 4) is 0 Å². The van der Waals surface area contributed by atoms with Crippen LogP contribution < -0.4 is 10.6 Å². The molecule has 1 amide bonds. The summed E-state index contributed by atoms with van der Waals surface area (Å²) in [6.07, 6.45) is 0.391. The van der Waals surface area contributed by atoms with E-state index < -0.39 is 0 Å². The van der Waals surface area contributed by atoms with Gasteiger partial charge in [-0.1, -0.05) is 30.3 Å². The molecular formula is C17H20N2O. The van der Waals surface area contributed by atoms with Crippen molar-refractivity contribution in [2.45, 2.75) is 20.3 Å². The fraction of sp³-hybridized carbons (Fsp3) is 0.235. The second kappa shape index (κ2) is 6.24. The zero-order chi connectivity index (χ0) is 14.5.